The summed E-state index contributed by atoms with van der Waals surface area (Å²) in [6.07, 6.45) is 7.12. The molecule has 0 unspecified atom stereocenters. The Morgan fingerprint density at radius 1 is 1.36 bits per heavy atom. The summed E-state index contributed by atoms with van der Waals surface area (Å²) in [7, 11) is 1.57. The van der Waals surface area contributed by atoms with Crippen molar-refractivity contribution in [2.75, 3.05) is 32.0 Å². The smallest absolute Gasteiger partial charge is 0.241 e. The van der Waals surface area contributed by atoms with Crippen LogP contribution in [0, 0.1) is 0 Å². The predicted molar refractivity (Wildman–Crippen MR) is 91.9 cm³/mol. The molecule has 2 aromatic rings. The zero-order valence-electron chi connectivity index (χ0n) is 14.2. The van der Waals surface area contributed by atoms with E-state index in [-0.39, 0.29) is 18.4 Å². The van der Waals surface area contributed by atoms with Gasteiger partial charge in [-0.1, -0.05) is 0 Å². The monoisotopic (exact) mass is 345 g/mol. The van der Waals surface area contributed by atoms with Gasteiger partial charge in [0.15, 0.2) is 0 Å². The Morgan fingerprint density at radius 2 is 2.24 bits per heavy atom. The Labute approximate surface area is 145 Å². The second kappa shape index (κ2) is 7.93. The molecule has 1 atom stereocenters. The van der Waals surface area contributed by atoms with Gasteiger partial charge in [-0.05, 0) is 25.5 Å². The van der Waals surface area contributed by atoms with Crippen molar-refractivity contribution in [3.05, 3.63) is 30.4 Å². The van der Waals surface area contributed by atoms with Crippen molar-refractivity contribution in [1.82, 2.24) is 30.2 Å². The first-order valence-corrected chi connectivity index (χ1v) is 8.38. The molecule has 0 saturated carbocycles. The number of likely N-dealkylation sites (N-methyl/N-ethyl adjacent to an activating group) is 1. The first-order chi connectivity index (χ1) is 12.1. The van der Waals surface area contributed by atoms with E-state index in [2.05, 4.69) is 30.8 Å². The van der Waals surface area contributed by atoms with E-state index >= 15 is 0 Å². The molecule has 1 aliphatic heterocycles. The zero-order valence-corrected chi connectivity index (χ0v) is 14.2. The summed E-state index contributed by atoms with van der Waals surface area (Å²) in [6, 6.07) is 2.00. The number of H-pyrrole nitrogens is 1. The highest BCUT2D eigenvalue weighted by Gasteiger charge is 2.23. The molecule has 0 aromatic carbocycles. The predicted octanol–water partition coefficient (Wildman–Crippen LogP) is 0.170. The molecule has 1 aliphatic rings. The molecule has 0 bridgehead atoms. The van der Waals surface area contributed by atoms with Gasteiger partial charge in [-0.25, -0.2) is 0 Å². The van der Waals surface area contributed by atoms with E-state index in [1.165, 1.54) is 4.68 Å². The first-order valence-electron chi connectivity index (χ1n) is 8.38. The highest BCUT2D eigenvalue weighted by molar-refractivity contribution is 5.92. The molecule has 0 spiro atoms. The summed E-state index contributed by atoms with van der Waals surface area (Å²) in [5, 5.41) is 16.5. The lowest BCUT2D eigenvalue weighted by Crippen LogP contribution is -2.39. The number of likely N-dealkylation sites (tertiary alicyclic amines) is 1. The number of carbonyl (C=O) groups excluding carboxylic acids is 2. The summed E-state index contributed by atoms with van der Waals surface area (Å²) in [4.78, 5) is 25.8. The molecule has 9 nitrogen and oxygen atoms in total. The second-order valence-corrected chi connectivity index (χ2v) is 6.23. The number of hydrogen-bond acceptors (Lipinski definition) is 5. The third kappa shape index (κ3) is 4.66. The number of amides is 2. The Balaban J connectivity index is 1.49. The molecule has 9 heteroatoms. The van der Waals surface area contributed by atoms with Crippen LogP contribution in [0.5, 0.6) is 0 Å². The summed E-state index contributed by atoms with van der Waals surface area (Å²) < 4.78 is 1.49. The van der Waals surface area contributed by atoms with Gasteiger partial charge in [0.25, 0.3) is 0 Å². The molecule has 3 heterocycles. The molecule has 2 aromatic heterocycles. The van der Waals surface area contributed by atoms with Crippen LogP contribution in [-0.2, 0) is 16.1 Å². The molecule has 1 saturated heterocycles. The maximum absolute atomic E-state index is 12.3. The van der Waals surface area contributed by atoms with Crippen LogP contribution in [-0.4, -0.2) is 63.4 Å². The van der Waals surface area contributed by atoms with Gasteiger partial charge in [0.2, 0.25) is 11.8 Å². The van der Waals surface area contributed by atoms with E-state index in [4.69, 9.17) is 0 Å². The minimum Gasteiger partial charge on any atom is -0.358 e. The highest BCUT2D eigenvalue weighted by atomic mass is 16.2. The molecule has 0 aliphatic carbocycles. The number of aromatic amines is 1. The first kappa shape index (κ1) is 17.2. The molecule has 134 valence electrons. The standard InChI is InChI=1S/C16H23N7O2/c1-17-15(24)11-23-9-13(7-19-23)20-16(25)10-22-6-2-3-12(8-22)14-4-5-18-21-14/h4-5,7,9,12H,2-3,6,8,10-11H2,1H3,(H,17,24)(H,18,21)(H,20,25)/t12-/m1/s1. The molecule has 2 amide bonds. The molecular formula is C16H23N7O2. The summed E-state index contributed by atoms with van der Waals surface area (Å²) >= 11 is 0. The minimum absolute atomic E-state index is 0.0789. The van der Waals surface area contributed by atoms with Crippen molar-refractivity contribution in [3.8, 4) is 0 Å². The second-order valence-electron chi connectivity index (χ2n) is 6.23. The maximum Gasteiger partial charge on any atom is 0.241 e. The van der Waals surface area contributed by atoms with Gasteiger partial charge in [-0.3, -0.25) is 24.3 Å². The number of nitrogens with one attached hydrogen (secondary N) is 3. The number of rotatable bonds is 6. The zero-order chi connectivity index (χ0) is 17.6. The molecule has 3 N–H and O–H groups in total. The minimum atomic E-state index is -0.140. The molecule has 3 rings (SSSR count). The van der Waals surface area contributed by atoms with Crippen molar-refractivity contribution in [1.29, 1.82) is 0 Å². The van der Waals surface area contributed by atoms with E-state index in [0.717, 1.165) is 31.6 Å². The Bertz CT molecular complexity index is 710. The summed E-state index contributed by atoms with van der Waals surface area (Å²) in [6.45, 7) is 2.22. The number of anilines is 1. The van der Waals surface area contributed by atoms with E-state index in [1.54, 1.807) is 25.6 Å². The average Bonchev–Trinajstić information content (AvgIpc) is 3.27. The normalized spacial score (nSPS) is 18.0. The SMILES string of the molecule is CNC(=O)Cn1cc(NC(=O)CN2CCC[C@@H](c3ccn[nH]3)C2)cn1. The Hall–Kier alpha value is -2.68. The Kier molecular flexibility index (Phi) is 5.44. The summed E-state index contributed by atoms with van der Waals surface area (Å²) in [5.74, 6) is 0.170. The third-order valence-corrected chi connectivity index (χ3v) is 4.34. The van der Waals surface area contributed by atoms with Crippen LogP contribution >= 0.6 is 0 Å². The summed E-state index contributed by atoms with van der Waals surface area (Å²) in [5.41, 5.74) is 1.72. The number of piperidine rings is 1. The van der Waals surface area contributed by atoms with Gasteiger partial charge in [-0.2, -0.15) is 10.2 Å². The van der Waals surface area contributed by atoms with Gasteiger partial charge in [0.05, 0.1) is 18.4 Å². The lowest BCUT2D eigenvalue weighted by molar-refractivity contribution is -0.121. The molecule has 1 fully saturated rings. The van der Waals surface area contributed by atoms with Crippen molar-refractivity contribution in [2.45, 2.75) is 25.3 Å². The maximum atomic E-state index is 12.3. The quantitative estimate of drug-likeness (QED) is 0.692. The van der Waals surface area contributed by atoms with E-state index in [0.29, 0.717) is 18.2 Å². The lowest BCUT2D eigenvalue weighted by atomic mass is 9.95. The van der Waals surface area contributed by atoms with Gasteiger partial charge < -0.3 is 10.6 Å². The lowest BCUT2D eigenvalue weighted by Gasteiger charge is -2.31. The fraction of sp³-hybridized carbons (Fsp3) is 0.500. The van der Waals surface area contributed by atoms with Crippen molar-refractivity contribution in [3.63, 3.8) is 0 Å². The van der Waals surface area contributed by atoms with Gasteiger partial charge in [0.1, 0.15) is 6.54 Å². The molecule has 25 heavy (non-hydrogen) atoms. The van der Waals surface area contributed by atoms with E-state index < -0.39 is 0 Å². The van der Waals surface area contributed by atoms with Crippen LogP contribution in [0.3, 0.4) is 0 Å². The van der Waals surface area contributed by atoms with Gasteiger partial charge in [-0.15, -0.1) is 0 Å². The van der Waals surface area contributed by atoms with Crippen LogP contribution in [0.25, 0.3) is 0 Å². The fourth-order valence-corrected chi connectivity index (χ4v) is 3.09. The van der Waals surface area contributed by atoms with Crippen LogP contribution in [0.15, 0.2) is 24.7 Å². The number of nitrogens with zero attached hydrogens (tertiary/aromatic N) is 4. The topological polar surface area (TPSA) is 108 Å². The number of carbonyl (C=O) groups is 2. The van der Waals surface area contributed by atoms with Crippen LogP contribution in [0.1, 0.15) is 24.5 Å². The fourth-order valence-electron chi connectivity index (χ4n) is 3.09. The van der Waals surface area contributed by atoms with Crippen molar-refractivity contribution in [2.24, 2.45) is 0 Å². The van der Waals surface area contributed by atoms with Gasteiger partial charge in [0, 0.05) is 37.6 Å². The largest absolute Gasteiger partial charge is 0.358 e. The van der Waals surface area contributed by atoms with E-state index in [9.17, 15) is 9.59 Å². The number of aromatic nitrogens is 4. The highest BCUT2D eigenvalue weighted by Crippen LogP contribution is 2.24. The van der Waals surface area contributed by atoms with E-state index in [1.807, 2.05) is 6.07 Å². The number of hydrogen-bond donors (Lipinski definition) is 3. The molecular weight excluding hydrogens is 322 g/mol. The Morgan fingerprint density at radius 3 is 3.00 bits per heavy atom. The third-order valence-electron chi connectivity index (χ3n) is 4.34. The average molecular weight is 345 g/mol. The van der Waals surface area contributed by atoms with Crippen molar-refractivity contribution >= 4 is 17.5 Å². The van der Waals surface area contributed by atoms with Crippen LogP contribution in [0.2, 0.25) is 0 Å². The molecule has 0 radical (unpaired) electrons. The van der Waals surface area contributed by atoms with Crippen LogP contribution < -0.4 is 10.6 Å². The van der Waals surface area contributed by atoms with Crippen LogP contribution in [0.4, 0.5) is 5.69 Å². The van der Waals surface area contributed by atoms with Gasteiger partial charge >= 0.3 is 0 Å². The van der Waals surface area contributed by atoms with Crippen molar-refractivity contribution < 1.29 is 9.59 Å².